The van der Waals surface area contributed by atoms with Crippen molar-refractivity contribution in [2.24, 2.45) is 0 Å². The highest BCUT2D eigenvalue weighted by atomic mass is 32.2. The van der Waals surface area contributed by atoms with E-state index in [0.29, 0.717) is 0 Å². The minimum absolute atomic E-state index is 0.0168. The van der Waals surface area contributed by atoms with Crippen molar-refractivity contribution in [3.63, 3.8) is 0 Å². The minimum atomic E-state index is -4.60. The Labute approximate surface area is 90.9 Å². The molecule has 8 heteroatoms. The molecule has 1 rings (SSSR count). The highest BCUT2D eigenvalue weighted by Gasteiger charge is 2.21. The molecule has 0 amide bonds. The Morgan fingerprint density at radius 2 is 1.93 bits per heavy atom. The monoisotopic (exact) mass is 249 g/mol. The standard InChI is InChI=1S/C7H7NO5S2/c8-4-1-3(7(9)10)6(2-5(4)14)15(11,12)13/h1-2,14H,8H2,(H,9,10)(H,11,12,13). The normalized spacial score (nSPS) is 11.3. The van der Waals surface area contributed by atoms with E-state index in [2.05, 4.69) is 12.6 Å². The van der Waals surface area contributed by atoms with Crippen LogP contribution in [0, 0.1) is 0 Å². The number of benzene rings is 1. The smallest absolute Gasteiger partial charge is 0.337 e. The van der Waals surface area contributed by atoms with Gasteiger partial charge < -0.3 is 10.8 Å². The van der Waals surface area contributed by atoms with E-state index in [-0.39, 0.29) is 10.6 Å². The molecule has 0 heterocycles. The van der Waals surface area contributed by atoms with E-state index >= 15 is 0 Å². The Morgan fingerprint density at radius 1 is 1.40 bits per heavy atom. The summed E-state index contributed by atoms with van der Waals surface area (Å²) < 4.78 is 30.4. The maximum Gasteiger partial charge on any atom is 0.337 e. The molecule has 4 N–H and O–H groups in total. The van der Waals surface area contributed by atoms with Crippen LogP contribution in [0.2, 0.25) is 0 Å². The largest absolute Gasteiger partial charge is 0.478 e. The van der Waals surface area contributed by atoms with Crippen LogP contribution in [0.4, 0.5) is 5.69 Å². The highest BCUT2D eigenvalue weighted by Crippen LogP contribution is 2.25. The van der Waals surface area contributed by atoms with Gasteiger partial charge in [0.2, 0.25) is 0 Å². The Balaban J connectivity index is 3.64. The Hall–Kier alpha value is -1.25. The zero-order chi connectivity index (χ0) is 11.8. The fraction of sp³-hybridized carbons (Fsp3) is 0. The number of anilines is 1. The number of carboxylic acids is 1. The Morgan fingerprint density at radius 3 is 2.33 bits per heavy atom. The van der Waals surface area contributed by atoms with Crippen molar-refractivity contribution in [2.75, 3.05) is 5.73 Å². The molecule has 0 unspecified atom stereocenters. The molecule has 0 saturated carbocycles. The summed E-state index contributed by atoms with van der Waals surface area (Å²) in [6, 6.07) is 1.81. The molecule has 0 bridgehead atoms. The third kappa shape index (κ3) is 2.41. The van der Waals surface area contributed by atoms with E-state index in [1.165, 1.54) is 0 Å². The van der Waals surface area contributed by atoms with Gasteiger partial charge in [0.1, 0.15) is 4.90 Å². The second kappa shape index (κ2) is 3.72. The van der Waals surface area contributed by atoms with Crippen molar-refractivity contribution >= 4 is 34.4 Å². The fourth-order valence-corrected chi connectivity index (χ4v) is 1.94. The van der Waals surface area contributed by atoms with Gasteiger partial charge in [-0.1, -0.05) is 0 Å². The van der Waals surface area contributed by atoms with Crippen LogP contribution in [0.15, 0.2) is 21.9 Å². The first-order chi connectivity index (χ1) is 6.73. The van der Waals surface area contributed by atoms with Crippen molar-refractivity contribution in [3.8, 4) is 0 Å². The van der Waals surface area contributed by atoms with E-state index in [1.54, 1.807) is 0 Å². The molecule has 15 heavy (non-hydrogen) atoms. The summed E-state index contributed by atoms with van der Waals surface area (Å²) in [5, 5.41) is 8.69. The van der Waals surface area contributed by atoms with E-state index in [1.807, 2.05) is 0 Å². The fourth-order valence-electron chi connectivity index (χ4n) is 0.966. The molecule has 6 nitrogen and oxygen atoms in total. The number of hydrogen-bond donors (Lipinski definition) is 4. The molecule has 0 fully saturated rings. The third-order valence-electron chi connectivity index (χ3n) is 1.64. The van der Waals surface area contributed by atoms with E-state index in [4.69, 9.17) is 15.4 Å². The predicted molar refractivity (Wildman–Crippen MR) is 54.9 cm³/mol. The Bertz CT molecular complexity index is 522. The van der Waals surface area contributed by atoms with Crippen LogP contribution in [-0.4, -0.2) is 24.0 Å². The second-order valence-electron chi connectivity index (χ2n) is 2.69. The lowest BCUT2D eigenvalue weighted by Gasteiger charge is -2.06. The van der Waals surface area contributed by atoms with Gasteiger partial charge >= 0.3 is 5.97 Å². The molecular formula is C7H7NO5S2. The topological polar surface area (TPSA) is 118 Å². The number of carbonyl (C=O) groups is 1. The molecular weight excluding hydrogens is 242 g/mol. The summed E-state index contributed by atoms with van der Waals surface area (Å²) in [5.41, 5.74) is 4.78. The summed E-state index contributed by atoms with van der Waals surface area (Å²) in [7, 11) is -4.60. The van der Waals surface area contributed by atoms with E-state index < -0.39 is 26.5 Å². The first-order valence-electron chi connectivity index (χ1n) is 3.56. The molecule has 1 aromatic carbocycles. The van der Waals surface area contributed by atoms with Gasteiger partial charge in [0, 0.05) is 10.6 Å². The van der Waals surface area contributed by atoms with Crippen molar-refractivity contribution in [2.45, 2.75) is 9.79 Å². The molecule has 0 aliphatic rings. The van der Waals surface area contributed by atoms with Gasteiger partial charge in [-0.15, -0.1) is 12.6 Å². The van der Waals surface area contributed by atoms with E-state index in [0.717, 1.165) is 12.1 Å². The molecule has 0 radical (unpaired) electrons. The molecule has 0 spiro atoms. The van der Waals surface area contributed by atoms with Gasteiger partial charge in [-0.05, 0) is 12.1 Å². The van der Waals surface area contributed by atoms with Crippen LogP contribution in [0.3, 0.4) is 0 Å². The summed E-state index contributed by atoms with van der Waals surface area (Å²) in [6.45, 7) is 0. The number of rotatable bonds is 2. The lowest BCUT2D eigenvalue weighted by atomic mass is 10.2. The van der Waals surface area contributed by atoms with Crippen LogP contribution < -0.4 is 5.73 Å². The van der Waals surface area contributed by atoms with Gasteiger partial charge in [0.05, 0.1) is 5.56 Å². The van der Waals surface area contributed by atoms with Crippen molar-refractivity contribution in [3.05, 3.63) is 17.7 Å². The van der Waals surface area contributed by atoms with Gasteiger partial charge in [-0.25, -0.2) is 4.79 Å². The number of nitrogen functional groups attached to an aromatic ring is 1. The zero-order valence-corrected chi connectivity index (χ0v) is 8.92. The SMILES string of the molecule is Nc1cc(C(=O)O)c(S(=O)(=O)O)cc1S. The molecule has 1 aromatic rings. The molecule has 0 aromatic heterocycles. The van der Waals surface area contributed by atoms with E-state index in [9.17, 15) is 13.2 Å². The van der Waals surface area contributed by atoms with Crippen LogP contribution in [-0.2, 0) is 10.1 Å². The second-order valence-corrected chi connectivity index (χ2v) is 4.56. The molecule has 0 aliphatic carbocycles. The number of carboxylic acid groups (broad SMARTS) is 1. The Kier molecular flexibility index (Phi) is 2.93. The number of hydrogen-bond acceptors (Lipinski definition) is 5. The van der Waals surface area contributed by atoms with Gasteiger partial charge in [-0.3, -0.25) is 4.55 Å². The highest BCUT2D eigenvalue weighted by molar-refractivity contribution is 7.86. The van der Waals surface area contributed by atoms with Crippen LogP contribution in [0.5, 0.6) is 0 Å². The molecule has 0 aliphatic heterocycles. The summed E-state index contributed by atoms with van der Waals surface area (Å²) in [6.07, 6.45) is 0. The molecule has 82 valence electrons. The summed E-state index contributed by atoms with van der Waals surface area (Å²) in [5.74, 6) is -1.50. The van der Waals surface area contributed by atoms with Crippen LogP contribution in [0.1, 0.15) is 10.4 Å². The molecule has 0 saturated heterocycles. The third-order valence-corrected chi connectivity index (χ3v) is 2.92. The summed E-state index contributed by atoms with van der Waals surface area (Å²) in [4.78, 5) is 10.0. The van der Waals surface area contributed by atoms with Gasteiger partial charge in [0.15, 0.2) is 0 Å². The lowest BCUT2D eigenvalue weighted by molar-refractivity contribution is 0.0692. The average molecular weight is 249 g/mol. The van der Waals surface area contributed by atoms with Crippen LogP contribution in [0.25, 0.3) is 0 Å². The average Bonchev–Trinajstić information content (AvgIpc) is 2.06. The zero-order valence-electron chi connectivity index (χ0n) is 7.21. The first-order valence-corrected chi connectivity index (χ1v) is 5.45. The number of aromatic carboxylic acids is 1. The summed E-state index contributed by atoms with van der Waals surface area (Å²) >= 11 is 3.82. The van der Waals surface area contributed by atoms with Crippen LogP contribution >= 0.6 is 12.6 Å². The van der Waals surface area contributed by atoms with Crippen molar-refractivity contribution in [1.82, 2.24) is 0 Å². The first kappa shape index (κ1) is 11.8. The number of thiol groups is 1. The predicted octanol–water partition coefficient (Wildman–Crippen LogP) is 0.502. The van der Waals surface area contributed by atoms with Gasteiger partial charge in [0.25, 0.3) is 10.1 Å². The quantitative estimate of drug-likeness (QED) is 0.344. The number of nitrogens with two attached hydrogens (primary N) is 1. The van der Waals surface area contributed by atoms with Gasteiger partial charge in [-0.2, -0.15) is 8.42 Å². The van der Waals surface area contributed by atoms with Crippen molar-refractivity contribution < 1.29 is 22.9 Å². The lowest BCUT2D eigenvalue weighted by Crippen LogP contribution is -2.09. The minimum Gasteiger partial charge on any atom is -0.478 e. The maximum absolute atomic E-state index is 10.8. The maximum atomic E-state index is 10.8. The molecule has 0 atom stereocenters. The van der Waals surface area contributed by atoms with Crippen molar-refractivity contribution in [1.29, 1.82) is 0 Å².